The van der Waals surface area contributed by atoms with Crippen LogP contribution in [0.3, 0.4) is 0 Å². The van der Waals surface area contributed by atoms with Gasteiger partial charge in [-0.25, -0.2) is 4.98 Å². The lowest BCUT2D eigenvalue weighted by molar-refractivity contribution is 0.952. The van der Waals surface area contributed by atoms with E-state index in [1.807, 2.05) is 24.3 Å². The van der Waals surface area contributed by atoms with Crippen LogP contribution in [0.2, 0.25) is 5.02 Å². The first-order valence-corrected chi connectivity index (χ1v) is 5.93. The molecule has 3 aromatic rings. The van der Waals surface area contributed by atoms with Gasteiger partial charge in [0.25, 0.3) is 0 Å². The number of nitrogens with zero attached hydrogens (tertiary/aromatic N) is 3. The van der Waals surface area contributed by atoms with Gasteiger partial charge in [0.05, 0.1) is 6.20 Å². The Hall–Kier alpha value is -2.07. The summed E-state index contributed by atoms with van der Waals surface area (Å²) in [6.07, 6.45) is 4.22. The highest BCUT2D eigenvalue weighted by molar-refractivity contribution is 6.30. The van der Waals surface area contributed by atoms with E-state index in [-0.39, 0.29) is 0 Å². The van der Waals surface area contributed by atoms with Crippen LogP contribution < -0.4 is 5.73 Å². The molecule has 0 aliphatic carbocycles. The molecule has 0 saturated heterocycles. The van der Waals surface area contributed by atoms with Crippen LogP contribution >= 0.6 is 11.6 Å². The quantitative estimate of drug-likeness (QED) is 0.769. The van der Waals surface area contributed by atoms with Gasteiger partial charge in [-0.1, -0.05) is 23.7 Å². The van der Waals surface area contributed by atoms with Gasteiger partial charge in [0, 0.05) is 23.2 Å². The van der Waals surface area contributed by atoms with Gasteiger partial charge in [-0.2, -0.15) is 9.61 Å². The van der Waals surface area contributed by atoms with Crippen LogP contribution in [0, 0.1) is 0 Å². The molecule has 0 amide bonds. The third-order valence-corrected chi connectivity index (χ3v) is 3.02. The lowest BCUT2D eigenvalue weighted by atomic mass is 10.1. The van der Waals surface area contributed by atoms with Crippen LogP contribution in [0.15, 0.2) is 42.7 Å². The van der Waals surface area contributed by atoms with E-state index < -0.39 is 0 Å². The standard InChI is InChI=1S/C13H11ClN4/c14-11-3-1-2-9(7-11)6-10-8-17-18-12(15)4-5-16-13(10)18/h1-5,7-8H,6,15H2. The van der Waals surface area contributed by atoms with Gasteiger partial charge in [0.2, 0.25) is 0 Å². The molecule has 0 saturated carbocycles. The smallest absolute Gasteiger partial charge is 0.160 e. The lowest BCUT2D eigenvalue weighted by Crippen LogP contribution is -1.99. The zero-order valence-electron chi connectivity index (χ0n) is 9.55. The predicted octanol–water partition coefficient (Wildman–Crippen LogP) is 2.56. The summed E-state index contributed by atoms with van der Waals surface area (Å²) >= 11 is 5.97. The Kier molecular flexibility index (Phi) is 2.64. The summed E-state index contributed by atoms with van der Waals surface area (Å²) in [4.78, 5) is 4.31. The van der Waals surface area contributed by atoms with Gasteiger partial charge in [0.1, 0.15) is 5.82 Å². The third-order valence-electron chi connectivity index (χ3n) is 2.79. The van der Waals surface area contributed by atoms with Gasteiger partial charge < -0.3 is 5.73 Å². The van der Waals surface area contributed by atoms with Crippen molar-refractivity contribution in [1.29, 1.82) is 0 Å². The largest absolute Gasteiger partial charge is 0.384 e. The van der Waals surface area contributed by atoms with E-state index in [0.29, 0.717) is 5.82 Å². The molecule has 2 aromatic heterocycles. The average Bonchev–Trinajstić information content (AvgIpc) is 2.74. The number of hydrogen-bond acceptors (Lipinski definition) is 3. The number of anilines is 1. The van der Waals surface area contributed by atoms with Crippen molar-refractivity contribution in [2.75, 3.05) is 5.73 Å². The molecule has 0 radical (unpaired) electrons. The van der Waals surface area contributed by atoms with Crippen LogP contribution in [0.4, 0.5) is 5.82 Å². The minimum Gasteiger partial charge on any atom is -0.384 e. The van der Waals surface area contributed by atoms with Crippen molar-refractivity contribution < 1.29 is 0 Å². The Balaban J connectivity index is 2.03. The SMILES string of the molecule is Nc1ccnc2c(Cc3cccc(Cl)c3)cnn12. The topological polar surface area (TPSA) is 56.2 Å². The molecule has 0 aliphatic rings. The summed E-state index contributed by atoms with van der Waals surface area (Å²) in [6, 6.07) is 9.49. The molecule has 0 atom stereocenters. The summed E-state index contributed by atoms with van der Waals surface area (Å²) in [7, 11) is 0. The molecule has 2 N–H and O–H groups in total. The van der Waals surface area contributed by atoms with Crippen molar-refractivity contribution in [2.24, 2.45) is 0 Å². The van der Waals surface area contributed by atoms with E-state index in [9.17, 15) is 0 Å². The van der Waals surface area contributed by atoms with Crippen LogP contribution in [0.25, 0.3) is 5.65 Å². The molecule has 0 bridgehead atoms. The van der Waals surface area contributed by atoms with Crippen LogP contribution in [-0.4, -0.2) is 14.6 Å². The number of hydrogen-bond donors (Lipinski definition) is 1. The summed E-state index contributed by atoms with van der Waals surface area (Å²) in [5.41, 5.74) is 8.77. The molecule has 4 nitrogen and oxygen atoms in total. The Morgan fingerprint density at radius 2 is 2.17 bits per heavy atom. The van der Waals surface area contributed by atoms with Crippen molar-refractivity contribution in [1.82, 2.24) is 14.6 Å². The maximum Gasteiger partial charge on any atom is 0.160 e. The molecule has 18 heavy (non-hydrogen) atoms. The fourth-order valence-corrected chi connectivity index (χ4v) is 2.16. The zero-order chi connectivity index (χ0) is 12.5. The number of nitrogens with two attached hydrogens (primary N) is 1. The number of benzene rings is 1. The Morgan fingerprint density at radius 3 is 3.00 bits per heavy atom. The predicted molar refractivity (Wildman–Crippen MR) is 71.7 cm³/mol. The highest BCUT2D eigenvalue weighted by atomic mass is 35.5. The number of fused-ring (bicyclic) bond motifs is 1. The lowest BCUT2D eigenvalue weighted by Gasteiger charge is -2.01. The molecule has 1 aromatic carbocycles. The molecular weight excluding hydrogens is 248 g/mol. The molecule has 0 spiro atoms. The Labute approximate surface area is 109 Å². The first-order valence-electron chi connectivity index (χ1n) is 5.55. The van der Waals surface area contributed by atoms with Crippen LogP contribution in [0.5, 0.6) is 0 Å². The molecule has 3 rings (SSSR count). The molecule has 0 fully saturated rings. The van der Waals surface area contributed by atoms with Gasteiger partial charge in [-0.15, -0.1) is 0 Å². The Morgan fingerprint density at radius 1 is 1.28 bits per heavy atom. The Bertz CT molecular complexity index is 705. The monoisotopic (exact) mass is 258 g/mol. The third kappa shape index (κ3) is 1.91. The van der Waals surface area contributed by atoms with E-state index in [1.54, 1.807) is 23.0 Å². The molecule has 90 valence electrons. The van der Waals surface area contributed by atoms with Gasteiger partial charge >= 0.3 is 0 Å². The van der Waals surface area contributed by atoms with Crippen molar-refractivity contribution in [3.63, 3.8) is 0 Å². The fraction of sp³-hybridized carbons (Fsp3) is 0.0769. The second-order valence-electron chi connectivity index (χ2n) is 4.08. The average molecular weight is 259 g/mol. The van der Waals surface area contributed by atoms with Crippen LogP contribution in [-0.2, 0) is 6.42 Å². The first-order chi connectivity index (χ1) is 8.74. The van der Waals surface area contributed by atoms with Gasteiger partial charge in [-0.05, 0) is 23.8 Å². The van der Waals surface area contributed by atoms with Gasteiger partial charge in [0.15, 0.2) is 5.65 Å². The highest BCUT2D eigenvalue weighted by Gasteiger charge is 2.07. The summed E-state index contributed by atoms with van der Waals surface area (Å²) in [5.74, 6) is 0.581. The normalized spacial score (nSPS) is 10.9. The van der Waals surface area contributed by atoms with Crippen molar-refractivity contribution in [3.8, 4) is 0 Å². The molecule has 2 heterocycles. The number of aromatic nitrogens is 3. The molecular formula is C13H11ClN4. The molecule has 0 unspecified atom stereocenters. The van der Waals surface area contributed by atoms with Crippen molar-refractivity contribution >= 4 is 23.1 Å². The number of rotatable bonds is 2. The van der Waals surface area contributed by atoms with Crippen LogP contribution in [0.1, 0.15) is 11.1 Å². The first kappa shape index (κ1) is 11.0. The minimum absolute atomic E-state index is 0.581. The second-order valence-corrected chi connectivity index (χ2v) is 4.52. The minimum atomic E-state index is 0.581. The van der Waals surface area contributed by atoms with E-state index in [4.69, 9.17) is 17.3 Å². The number of nitrogen functional groups attached to an aromatic ring is 1. The molecule has 0 aliphatic heterocycles. The van der Waals surface area contributed by atoms with Crippen molar-refractivity contribution in [3.05, 3.63) is 58.9 Å². The maximum atomic E-state index is 5.97. The van der Waals surface area contributed by atoms with Crippen molar-refractivity contribution in [2.45, 2.75) is 6.42 Å². The maximum absolute atomic E-state index is 5.97. The van der Waals surface area contributed by atoms with E-state index >= 15 is 0 Å². The second kappa shape index (κ2) is 4.31. The fourth-order valence-electron chi connectivity index (χ4n) is 1.95. The summed E-state index contributed by atoms with van der Waals surface area (Å²) < 4.78 is 1.64. The van der Waals surface area contributed by atoms with E-state index in [1.165, 1.54) is 0 Å². The van der Waals surface area contributed by atoms with E-state index in [2.05, 4.69) is 10.1 Å². The summed E-state index contributed by atoms with van der Waals surface area (Å²) in [5, 5.41) is 4.97. The highest BCUT2D eigenvalue weighted by Crippen LogP contribution is 2.18. The van der Waals surface area contributed by atoms with E-state index in [0.717, 1.165) is 28.2 Å². The molecule has 5 heteroatoms. The number of halogens is 1. The summed E-state index contributed by atoms with van der Waals surface area (Å²) in [6.45, 7) is 0. The zero-order valence-corrected chi connectivity index (χ0v) is 10.3. The van der Waals surface area contributed by atoms with Gasteiger partial charge in [-0.3, -0.25) is 0 Å².